The summed E-state index contributed by atoms with van der Waals surface area (Å²) in [5, 5.41) is 0. The molecule has 0 N–H and O–H groups in total. The minimum atomic E-state index is -3.57. The van der Waals surface area contributed by atoms with Crippen LogP contribution in [0.3, 0.4) is 0 Å². The van der Waals surface area contributed by atoms with Gasteiger partial charge in [-0.1, -0.05) is 57.6 Å². The van der Waals surface area contributed by atoms with Gasteiger partial charge in [-0.3, -0.25) is 4.79 Å². The van der Waals surface area contributed by atoms with Crippen LogP contribution < -0.4 is 4.80 Å². The predicted octanol–water partition coefficient (Wildman–Crippen LogP) is 3.53. The Morgan fingerprint density at radius 1 is 1.19 bits per heavy atom. The number of thiazole rings is 1. The van der Waals surface area contributed by atoms with Gasteiger partial charge in [-0.25, -0.2) is 8.42 Å². The van der Waals surface area contributed by atoms with Gasteiger partial charge in [0, 0.05) is 11.0 Å². The summed E-state index contributed by atoms with van der Waals surface area (Å²) in [4.78, 5) is 16.9. The standard InChI is InChI=1S/C18H17BrN2O3S2/c1-2-21-15-9-8-14(19)10-16(15)25-18(21)20-17(22)12-26(23,24)11-13-6-4-3-5-7-13/h3-10H,2,11-12H2,1H3. The van der Waals surface area contributed by atoms with Crippen LogP contribution in [0.25, 0.3) is 10.2 Å². The van der Waals surface area contributed by atoms with Gasteiger partial charge < -0.3 is 4.57 Å². The number of hydrogen-bond acceptors (Lipinski definition) is 4. The van der Waals surface area contributed by atoms with E-state index in [-0.39, 0.29) is 5.75 Å². The molecule has 0 aliphatic carbocycles. The molecule has 3 aromatic rings. The molecule has 136 valence electrons. The molecule has 0 saturated heterocycles. The van der Waals surface area contributed by atoms with E-state index in [0.29, 0.717) is 16.9 Å². The minimum Gasteiger partial charge on any atom is -0.317 e. The van der Waals surface area contributed by atoms with Crippen molar-refractivity contribution in [3.63, 3.8) is 0 Å². The normalized spacial score (nSPS) is 12.6. The van der Waals surface area contributed by atoms with Gasteiger partial charge in [-0.2, -0.15) is 4.99 Å². The lowest BCUT2D eigenvalue weighted by atomic mass is 10.2. The van der Waals surface area contributed by atoms with Crippen LogP contribution in [0.5, 0.6) is 0 Å². The third kappa shape index (κ3) is 4.49. The molecule has 0 spiro atoms. The van der Waals surface area contributed by atoms with E-state index in [1.165, 1.54) is 11.3 Å². The molecule has 0 bridgehead atoms. The maximum absolute atomic E-state index is 12.3. The number of carbonyl (C=O) groups is 1. The molecule has 0 unspecified atom stereocenters. The summed E-state index contributed by atoms with van der Waals surface area (Å²) in [6, 6.07) is 14.7. The van der Waals surface area contributed by atoms with Crippen molar-refractivity contribution in [2.24, 2.45) is 4.99 Å². The first-order valence-corrected chi connectivity index (χ1v) is 11.4. The van der Waals surface area contributed by atoms with Crippen molar-refractivity contribution >= 4 is 53.2 Å². The number of sulfone groups is 1. The summed E-state index contributed by atoms with van der Waals surface area (Å²) in [5.74, 6) is -1.40. The van der Waals surface area contributed by atoms with Crippen LogP contribution in [0.15, 0.2) is 58.0 Å². The molecule has 0 aliphatic heterocycles. The summed E-state index contributed by atoms with van der Waals surface area (Å²) in [6.45, 7) is 2.61. The molecule has 26 heavy (non-hydrogen) atoms. The van der Waals surface area contributed by atoms with Gasteiger partial charge in [-0.15, -0.1) is 0 Å². The van der Waals surface area contributed by atoms with Crippen molar-refractivity contribution in [1.29, 1.82) is 0 Å². The van der Waals surface area contributed by atoms with Crippen LogP contribution in [0.1, 0.15) is 12.5 Å². The Balaban J connectivity index is 1.88. The van der Waals surface area contributed by atoms with Crippen molar-refractivity contribution in [3.05, 3.63) is 63.4 Å². The zero-order chi connectivity index (χ0) is 18.7. The molecule has 1 heterocycles. The van der Waals surface area contributed by atoms with Gasteiger partial charge in [0.15, 0.2) is 14.6 Å². The van der Waals surface area contributed by atoms with Crippen molar-refractivity contribution in [1.82, 2.24) is 4.57 Å². The smallest absolute Gasteiger partial charge is 0.263 e. The first kappa shape index (κ1) is 19.0. The van der Waals surface area contributed by atoms with Gasteiger partial charge in [0.25, 0.3) is 5.91 Å². The Bertz CT molecular complexity index is 1120. The summed E-state index contributed by atoms with van der Waals surface area (Å²) < 4.78 is 28.4. The number of benzene rings is 2. The van der Waals surface area contributed by atoms with Crippen LogP contribution in [-0.2, 0) is 26.9 Å². The first-order valence-electron chi connectivity index (χ1n) is 7.99. The second-order valence-electron chi connectivity index (χ2n) is 5.76. The molecule has 5 nitrogen and oxygen atoms in total. The monoisotopic (exact) mass is 452 g/mol. The number of aromatic nitrogens is 1. The van der Waals surface area contributed by atoms with Crippen molar-refractivity contribution < 1.29 is 13.2 Å². The number of halogens is 1. The molecule has 1 amide bonds. The Hall–Kier alpha value is -1.77. The number of amides is 1. The van der Waals surface area contributed by atoms with E-state index in [0.717, 1.165) is 14.7 Å². The van der Waals surface area contributed by atoms with Gasteiger partial charge in [0.05, 0.1) is 16.0 Å². The summed E-state index contributed by atoms with van der Waals surface area (Å²) in [6.07, 6.45) is 0. The Morgan fingerprint density at radius 2 is 1.92 bits per heavy atom. The van der Waals surface area contributed by atoms with Crippen LogP contribution in [0, 0.1) is 0 Å². The molecule has 3 rings (SSSR count). The van der Waals surface area contributed by atoms with E-state index >= 15 is 0 Å². The van der Waals surface area contributed by atoms with Crippen molar-refractivity contribution in [3.8, 4) is 0 Å². The Morgan fingerprint density at radius 3 is 2.62 bits per heavy atom. The summed E-state index contributed by atoms with van der Waals surface area (Å²) >= 11 is 4.80. The highest BCUT2D eigenvalue weighted by molar-refractivity contribution is 9.10. The van der Waals surface area contributed by atoms with Gasteiger partial charge in [-0.05, 0) is 30.7 Å². The third-order valence-corrected chi connectivity index (χ3v) is 6.75. The van der Waals surface area contributed by atoms with Crippen LogP contribution in [0.2, 0.25) is 0 Å². The Kier molecular flexibility index (Phi) is 5.74. The second-order valence-corrected chi connectivity index (χ2v) is 9.75. The van der Waals surface area contributed by atoms with Gasteiger partial charge >= 0.3 is 0 Å². The number of aryl methyl sites for hydroxylation is 1. The maximum atomic E-state index is 12.3. The topological polar surface area (TPSA) is 68.5 Å². The SMILES string of the molecule is CCn1c(=NC(=O)CS(=O)(=O)Cc2ccccc2)sc2cc(Br)ccc21. The summed E-state index contributed by atoms with van der Waals surface area (Å²) in [7, 11) is -3.57. The number of hydrogen-bond donors (Lipinski definition) is 0. The van der Waals surface area contributed by atoms with E-state index in [1.807, 2.05) is 35.8 Å². The molecule has 0 atom stereocenters. The van der Waals surface area contributed by atoms with E-state index in [9.17, 15) is 13.2 Å². The fourth-order valence-electron chi connectivity index (χ4n) is 2.64. The first-order chi connectivity index (χ1) is 12.4. The highest BCUT2D eigenvalue weighted by Gasteiger charge is 2.17. The molecule has 0 radical (unpaired) electrons. The minimum absolute atomic E-state index is 0.164. The lowest BCUT2D eigenvalue weighted by Gasteiger charge is -2.02. The fourth-order valence-corrected chi connectivity index (χ4v) is 5.55. The maximum Gasteiger partial charge on any atom is 0.263 e. The highest BCUT2D eigenvalue weighted by Crippen LogP contribution is 2.22. The molecule has 2 aromatic carbocycles. The lowest BCUT2D eigenvalue weighted by molar-refractivity contribution is -0.115. The van der Waals surface area contributed by atoms with E-state index in [2.05, 4.69) is 20.9 Å². The zero-order valence-electron chi connectivity index (χ0n) is 14.1. The molecule has 0 fully saturated rings. The average molecular weight is 453 g/mol. The largest absolute Gasteiger partial charge is 0.317 e. The van der Waals surface area contributed by atoms with E-state index < -0.39 is 21.5 Å². The third-order valence-electron chi connectivity index (χ3n) is 3.75. The predicted molar refractivity (Wildman–Crippen MR) is 108 cm³/mol. The zero-order valence-corrected chi connectivity index (χ0v) is 17.3. The second kappa shape index (κ2) is 7.85. The molecule has 0 aliphatic rings. The molecule has 0 saturated carbocycles. The van der Waals surface area contributed by atoms with Gasteiger partial charge in [0.1, 0.15) is 5.75 Å². The molecular formula is C18H17BrN2O3S2. The lowest BCUT2D eigenvalue weighted by Crippen LogP contribution is -2.21. The molecule has 8 heteroatoms. The number of nitrogens with zero attached hydrogens (tertiary/aromatic N) is 2. The number of fused-ring (bicyclic) bond motifs is 1. The Labute approximate surface area is 164 Å². The fraction of sp³-hybridized carbons (Fsp3) is 0.222. The van der Waals surface area contributed by atoms with E-state index in [4.69, 9.17) is 0 Å². The quantitative estimate of drug-likeness (QED) is 0.594. The van der Waals surface area contributed by atoms with Crippen LogP contribution >= 0.6 is 27.3 Å². The molecular weight excluding hydrogens is 436 g/mol. The number of rotatable bonds is 5. The van der Waals surface area contributed by atoms with Crippen LogP contribution in [-0.4, -0.2) is 24.6 Å². The van der Waals surface area contributed by atoms with E-state index in [1.54, 1.807) is 24.3 Å². The van der Waals surface area contributed by atoms with Crippen molar-refractivity contribution in [2.45, 2.75) is 19.2 Å². The van der Waals surface area contributed by atoms with Crippen molar-refractivity contribution in [2.75, 3.05) is 5.75 Å². The average Bonchev–Trinajstić information content (AvgIpc) is 2.90. The molecule has 1 aromatic heterocycles. The number of carbonyl (C=O) groups excluding carboxylic acids is 1. The highest BCUT2D eigenvalue weighted by atomic mass is 79.9. The van der Waals surface area contributed by atoms with Crippen LogP contribution in [0.4, 0.5) is 0 Å². The van der Waals surface area contributed by atoms with Gasteiger partial charge in [0.2, 0.25) is 0 Å². The summed E-state index contributed by atoms with van der Waals surface area (Å²) in [5.41, 5.74) is 1.63.